The first-order valence-corrected chi connectivity index (χ1v) is 11.2. The molecular weight excluding hydrogens is 426 g/mol. The molecule has 9 heteroatoms. The molecule has 0 aliphatic heterocycles. The number of hydrogen-bond acceptors (Lipinski definition) is 6. The van der Waals surface area contributed by atoms with E-state index in [-0.39, 0.29) is 23.6 Å². The van der Waals surface area contributed by atoms with Crippen LogP contribution in [0.25, 0.3) is 0 Å². The molecule has 3 aromatic rings. The van der Waals surface area contributed by atoms with Crippen molar-refractivity contribution < 1.29 is 14.3 Å². The van der Waals surface area contributed by atoms with Gasteiger partial charge in [0.25, 0.3) is 5.91 Å². The summed E-state index contributed by atoms with van der Waals surface area (Å²) in [6, 6.07) is 14.5. The van der Waals surface area contributed by atoms with Gasteiger partial charge in [-0.3, -0.25) is 9.59 Å². The van der Waals surface area contributed by atoms with E-state index >= 15 is 0 Å². The van der Waals surface area contributed by atoms with Crippen LogP contribution >= 0.6 is 11.8 Å². The first-order chi connectivity index (χ1) is 15.4. The minimum Gasteiger partial charge on any atom is -0.497 e. The molecule has 8 nitrogen and oxygen atoms in total. The summed E-state index contributed by atoms with van der Waals surface area (Å²) in [5.41, 5.74) is 2.42. The number of carbonyl (C=O) groups excluding carboxylic acids is 2. The quantitative estimate of drug-likeness (QED) is 0.480. The van der Waals surface area contributed by atoms with Gasteiger partial charge in [0, 0.05) is 17.8 Å². The lowest BCUT2D eigenvalue weighted by molar-refractivity contribution is -0.115. The molecule has 3 rings (SSSR count). The zero-order valence-electron chi connectivity index (χ0n) is 18.6. The Balaban J connectivity index is 1.60. The molecule has 168 valence electrons. The van der Waals surface area contributed by atoms with E-state index in [0.717, 1.165) is 11.3 Å². The van der Waals surface area contributed by atoms with Crippen molar-refractivity contribution >= 4 is 29.3 Å². The summed E-state index contributed by atoms with van der Waals surface area (Å²) in [6.07, 6.45) is 0. The maximum absolute atomic E-state index is 12.6. The number of aromatic nitrogens is 3. The van der Waals surface area contributed by atoms with Crippen LogP contribution in [0.4, 0.5) is 5.69 Å². The number of benzene rings is 2. The molecule has 1 unspecified atom stereocenters. The van der Waals surface area contributed by atoms with Crippen molar-refractivity contribution in [2.75, 3.05) is 12.4 Å². The Kier molecular flexibility index (Phi) is 7.88. The summed E-state index contributed by atoms with van der Waals surface area (Å²) in [7, 11) is 1.58. The summed E-state index contributed by atoms with van der Waals surface area (Å²) in [6.45, 7) is 6.65. The van der Waals surface area contributed by atoms with Crippen LogP contribution in [0, 0.1) is 6.92 Å². The highest BCUT2D eigenvalue weighted by Crippen LogP contribution is 2.24. The van der Waals surface area contributed by atoms with Crippen LogP contribution < -0.4 is 15.4 Å². The van der Waals surface area contributed by atoms with Gasteiger partial charge in [0.05, 0.1) is 18.9 Å². The van der Waals surface area contributed by atoms with Crippen molar-refractivity contribution in [3.05, 3.63) is 65.5 Å². The normalized spacial score (nSPS) is 11.6. The molecule has 2 aromatic carbocycles. The summed E-state index contributed by atoms with van der Waals surface area (Å²) >= 11 is 1.33. The van der Waals surface area contributed by atoms with Crippen LogP contribution in [0.5, 0.6) is 5.75 Å². The van der Waals surface area contributed by atoms with Crippen molar-refractivity contribution in [2.24, 2.45) is 0 Å². The lowest BCUT2D eigenvalue weighted by Gasteiger charge is -2.13. The molecule has 0 saturated carbocycles. The maximum atomic E-state index is 12.6. The predicted octanol–water partition coefficient (Wildman–Crippen LogP) is 3.66. The number of amides is 2. The van der Waals surface area contributed by atoms with Crippen LogP contribution in [0.3, 0.4) is 0 Å². The van der Waals surface area contributed by atoms with Gasteiger partial charge in [0.1, 0.15) is 5.75 Å². The molecule has 32 heavy (non-hydrogen) atoms. The molecule has 2 N–H and O–H groups in total. The second-order valence-corrected chi connectivity index (χ2v) is 8.48. The summed E-state index contributed by atoms with van der Waals surface area (Å²) < 4.78 is 7.01. The van der Waals surface area contributed by atoms with Crippen molar-refractivity contribution in [2.45, 2.75) is 44.3 Å². The van der Waals surface area contributed by atoms with E-state index in [1.165, 1.54) is 11.8 Å². The third-order valence-electron chi connectivity index (χ3n) is 4.84. The third-order valence-corrected chi connectivity index (χ3v) is 5.92. The third kappa shape index (κ3) is 5.88. The molecule has 0 bridgehead atoms. The van der Waals surface area contributed by atoms with E-state index in [4.69, 9.17) is 4.74 Å². The zero-order chi connectivity index (χ0) is 23.1. The smallest absolute Gasteiger partial charge is 0.251 e. The Morgan fingerprint density at radius 1 is 1.09 bits per heavy atom. The molecule has 1 aromatic heterocycles. The van der Waals surface area contributed by atoms with E-state index < -0.39 is 0 Å². The molecule has 1 heterocycles. The van der Waals surface area contributed by atoms with Gasteiger partial charge in [0.15, 0.2) is 11.0 Å². The fraction of sp³-hybridized carbons (Fsp3) is 0.304. The van der Waals surface area contributed by atoms with Gasteiger partial charge in [-0.25, -0.2) is 0 Å². The van der Waals surface area contributed by atoms with E-state index in [0.29, 0.717) is 28.8 Å². The van der Waals surface area contributed by atoms with Crippen LogP contribution in [0.1, 0.15) is 35.6 Å². The van der Waals surface area contributed by atoms with Gasteiger partial charge in [0.2, 0.25) is 5.91 Å². The second-order valence-electron chi connectivity index (χ2n) is 7.17. The topological polar surface area (TPSA) is 98.1 Å². The Morgan fingerprint density at radius 2 is 1.78 bits per heavy atom. The zero-order valence-corrected chi connectivity index (χ0v) is 19.4. The molecule has 0 aliphatic carbocycles. The van der Waals surface area contributed by atoms with E-state index in [1.54, 1.807) is 31.4 Å². The summed E-state index contributed by atoms with van der Waals surface area (Å²) in [4.78, 5) is 25.0. The second kappa shape index (κ2) is 10.8. The fourth-order valence-corrected chi connectivity index (χ4v) is 3.88. The Bertz CT molecular complexity index is 1060. The number of anilines is 1. The minimum atomic E-state index is -0.368. The van der Waals surface area contributed by atoms with E-state index in [9.17, 15) is 9.59 Å². The average molecular weight is 454 g/mol. The highest BCUT2D eigenvalue weighted by molar-refractivity contribution is 8.00. The Hall–Kier alpha value is -3.33. The van der Waals surface area contributed by atoms with Crippen molar-refractivity contribution in [1.82, 2.24) is 20.1 Å². The monoisotopic (exact) mass is 453 g/mol. The largest absolute Gasteiger partial charge is 0.497 e. The van der Waals surface area contributed by atoms with E-state index in [1.807, 2.05) is 49.6 Å². The maximum Gasteiger partial charge on any atom is 0.251 e. The number of carbonyl (C=O) groups is 2. The molecule has 0 saturated heterocycles. The molecule has 0 radical (unpaired) electrons. The molecule has 0 fully saturated rings. The lowest BCUT2D eigenvalue weighted by Crippen LogP contribution is -2.25. The average Bonchev–Trinajstić information content (AvgIpc) is 3.20. The minimum absolute atomic E-state index is 0.112. The SMILES string of the molecule is CCn1c(CNC(=O)c2ccc(OC)cc2)nnc1SC(C)C(=O)Nc1ccc(C)cc1. The molecule has 1 atom stereocenters. The van der Waals surface area contributed by atoms with Gasteiger partial charge in [-0.05, 0) is 57.2 Å². The Morgan fingerprint density at radius 3 is 2.41 bits per heavy atom. The number of hydrogen-bond donors (Lipinski definition) is 2. The van der Waals surface area contributed by atoms with Gasteiger partial charge < -0.3 is 19.9 Å². The summed E-state index contributed by atoms with van der Waals surface area (Å²) in [5.74, 6) is 0.995. The van der Waals surface area contributed by atoms with Crippen molar-refractivity contribution in [1.29, 1.82) is 0 Å². The standard InChI is InChI=1S/C23H27N5O3S/c1-5-28-20(14-24-22(30)17-8-12-19(31-4)13-9-17)26-27-23(28)32-16(3)21(29)25-18-10-6-15(2)7-11-18/h6-13,16H,5,14H2,1-4H3,(H,24,30)(H,25,29). The first kappa shape index (κ1) is 23.3. The number of aryl methyl sites for hydroxylation is 1. The van der Waals surface area contributed by atoms with Crippen LogP contribution in [-0.4, -0.2) is 38.9 Å². The van der Waals surface area contributed by atoms with Gasteiger partial charge in [-0.1, -0.05) is 29.5 Å². The van der Waals surface area contributed by atoms with Crippen LogP contribution in [-0.2, 0) is 17.9 Å². The highest BCUT2D eigenvalue weighted by atomic mass is 32.2. The van der Waals surface area contributed by atoms with Gasteiger partial charge >= 0.3 is 0 Å². The number of nitrogens with one attached hydrogen (secondary N) is 2. The van der Waals surface area contributed by atoms with Crippen LogP contribution in [0.15, 0.2) is 53.7 Å². The predicted molar refractivity (Wildman–Crippen MR) is 125 cm³/mol. The number of nitrogens with zero attached hydrogens (tertiary/aromatic N) is 3. The van der Waals surface area contributed by atoms with E-state index in [2.05, 4.69) is 20.8 Å². The molecule has 2 amide bonds. The number of thioether (sulfide) groups is 1. The number of rotatable bonds is 9. The first-order valence-electron chi connectivity index (χ1n) is 10.3. The van der Waals surface area contributed by atoms with Crippen LogP contribution in [0.2, 0.25) is 0 Å². The van der Waals surface area contributed by atoms with Gasteiger partial charge in [-0.2, -0.15) is 0 Å². The van der Waals surface area contributed by atoms with Crippen molar-refractivity contribution in [3.8, 4) is 5.75 Å². The lowest BCUT2D eigenvalue weighted by atomic mass is 10.2. The molecular formula is C23H27N5O3S. The van der Waals surface area contributed by atoms with Crippen molar-refractivity contribution in [3.63, 3.8) is 0 Å². The Labute approximate surface area is 191 Å². The fourth-order valence-electron chi connectivity index (χ4n) is 2.95. The molecule has 0 spiro atoms. The number of ether oxygens (including phenoxy) is 1. The highest BCUT2D eigenvalue weighted by Gasteiger charge is 2.20. The molecule has 0 aliphatic rings. The summed E-state index contributed by atoms with van der Waals surface area (Å²) in [5, 5.41) is 14.5. The number of methoxy groups -OCH3 is 1. The van der Waals surface area contributed by atoms with Gasteiger partial charge in [-0.15, -0.1) is 10.2 Å².